The molecule has 0 aromatic heterocycles. The lowest BCUT2D eigenvalue weighted by Gasteiger charge is -2.19. The number of carbonyl (C=O) groups is 1. The van der Waals surface area contributed by atoms with E-state index >= 15 is 0 Å². The molecular weight excluding hydrogens is 336 g/mol. The van der Waals surface area contributed by atoms with E-state index in [-0.39, 0.29) is 24.5 Å². The Morgan fingerprint density at radius 2 is 2.08 bits per heavy atom. The average molecular weight is 355 g/mol. The summed E-state index contributed by atoms with van der Waals surface area (Å²) < 4.78 is 5.38. The molecule has 25 heavy (non-hydrogen) atoms. The summed E-state index contributed by atoms with van der Waals surface area (Å²) in [6.07, 6.45) is 0.458. The first kappa shape index (κ1) is 17.3. The molecule has 2 unspecified atom stereocenters. The predicted molar refractivity (Wildman–Crippen MR) is 96.1 cm³/mol. The SMILES string of the molecule is N#CC(c1cccc(Cl)c1)C1CCN(C(=O)OCc2ccccc2)C1. The molecule has 0 spiro atoms. The normalized spacial score (nSPS) is 17.8. The van der Waals surface area contributed by atoms with Crippen molar-refractivity contribution in [3.63, 3.8) is 0 Å². The Labute approximate surface area is 152 Å². The number of halogens is 1. The number of likely N-dealkylation sites (tertiary alicyclic amines) is 1. The minimum absolute atomic E-state index is 0.0905. The molecule has 0 bridgehead atoms. The Morgan fingerprint density at radius 3 is 2.80 bits per heavy atom. The van der Waals surface area contributed by atoms with Crippen LogP contribution in [0.3, 0.4) is 0 Å². The van der Waals surface area contributed by atoms with Gasteiger partial charge in [0, 0.05) is 18.1 Å². The summed E-state index contributed by atoms with van der Waals surface area (Å²) in [4.78, 5) is 13.9. The summed E-state index contributed by atoms with van der Waals surface area (Å²) in [7, 11) is 0. The van der Waals surface area contributed by atoms with Crippen LogP contribution < -0.4 is 0 Å². The Morgan fingerprint density at radius 1 is 1.28 bits per heavy atom. The van der Waals surface area contributed by atoms with Crippen LogP contribution in [0.2, 0.25) is 5.02 Å². The van der Waals surface area contributed by atoms with Crippen molar-refractivity contribution < 1.29 is 9.53 Å². The Kier molecular flexibility index (Phi) is 5.57. The van der Waals surface area contributed by atoms with Gasteiger partial charge in [-0.2, -0.15) is 5.26 Å². The van der Waals surface area contributed by atoms with E-state index in [9.17, 15) is 10.1 Å². The molecule has 128 valence electrons. The third-order valence-electron chi connectivity index (χ3n) is 4.51. The molecule has 1 aliphatic rings. The zero-order valence-corrected chi connectivity index (χ0v) is 14.5. The van der Waals surface area contributed by atoms with Gasteiger partial charge in [0.1, 0.15) is 6.61 Å². The van der Waals surface area contributed by atoms with Crippen LogP contribution >= 0.6 is 11.6 Å². The van der Waals surface area contributed by atoms with Crippen LogP contribution in [0.25, 0.3) is 0 Å². The average Bonchev–Trinajstić information content (AvgIpc) is 3.11. The Balaban J connectivity index is 1.58. The zero-order chi connectivity index (χ0) is 17.6. The number of hydrogen-bond acceptors (Lipinski definition) is 3. The van der Waals surface area contributed by atoms with Crippen LogP contribution in [0.4, 0.5) is 4.79 Å². The van der Waals surface area contributed by atoms with Crippen LogP contribution in [0.5, 0.6) is 0 Å². The number of rotatable bonds is 4. The molecule has 2 aromatic rings. The number of amides is 1. The van der Waals surface area contributed by atoms with Gasteiger partial charge < -0.3 is 9.64 Å². The number of hydrogen-bond donors (Lipinski definition) is 0. The summed E-state index contributed by atoms with van der Waals surface area (Å²) in [5, 5.41) is 10.2. The summed E-state index contributed by atoms with van der Waals surface area (Å²) >= 11 is 6.04. The topological polar surface area (TPSA) is 53.3 Å². The second-order valence-electron chi connectivity index (χ2n) is 6.20. The molecular formula is C20H19ClN2O2. The summed E-state index contributed by atoms with van der Waals surface area (Å²) in [6.45, 7) is 1.40. The van der Waals surface area contributed by atoms with E-state index in [2.05, 4.69) is 6.07 Å². The molecule has 4 nitrogen and oxygen atoms in total. The zero-order valence-electron chi connectivity index (χ0n) is 13.8. The van der Waals surface area contributed by atoms with Gasteiger partial charge in [-0.15, -0.1) is 0 Å². The van der Waals surface area contributed by atoms with Crippen molar-refractivity contribution in [2.45, 2.75) is 18.9 Å². The number of carbonyl (C=O) groups excluding carboxylic acids is 1. The van der Waals surface area contributed by atoms with E-state index < -0.39 is 0 Å². The number of nitriles is 1. The molecule has 2 aromatic carbocycles. The van der Waals surface area contributed by atoms with E-state index in [1.165, 1.54) is 0 Å². The van der Waals surface area contributed by atoms with Crippen molar-refractivity contribution in [1.82, 2.24) is 4.90 Å². The highest BCUT2D eigenvalue weighted by Gasteiger charge is 2.33. The minimum atomic E-state index is -0.325. The van der Waals surface area contributed by atoms with Crippen molar-refractivity contribution in [2.24, 2.45) is 5.92 Å². The highest BCUT2D eigenvalue weighted by atomic mass is 35.5. The second-order valence-corrected chi connectivity index (χ2v) is 6.63. The van der Waals surface area contributed by atoms with Gasteiger partial charge in [0.2, 0.25) is 0 Å². The maximum Gasteiger partial charge on any atom is 0.410 e. The number of nitrogens with zero attached hydrogens (tertiary/aromatic N) is 2. The first-order valence-corrected chi connectivity index (χ1v) is 8.66. The van der Waals surface area contributed by atoms with Crippen LogP contribution in [0.1, 0.15) is 23.5 Å². The van der Waals surface area contributed by atoms with Crippen LogP contribution in [0, 0.1) is 17.2 Å². The monoisotopic (exact) mass is 354 g/mol. The van der Waals surface area contributed by atoms with Gasteiger partial charge in [0.15, 0.2) is 0 Å². The maximum atomic E-state index is 12.3. The van der Waals surface area contributed by atoms with E-state index in [1.54, 1.807) is 11.0 Å². The summed E-state index contributed by atoms with van der Waals surface area (Å²) in [5.74, 6) is -0.182. The molecule has 0 radical (unpaired) electrons. The molecule has 2 atom stereocenters. The van der Waals surface area contributed by atoms with E-state index in [0.29, 0.717) is 18.1 Å². The Bertz CT molecular complexity index is 773. The third kappa shape index (κ3) is 4.32. The van der Waals surface area contributed by atoms with Crippen LogP contribution in [0.15, 0.2) is 54.6 Å². The highest BCUT2D eigenvalue weighted by Crippen LogP contribution is 2.33. The maximum absolute atomic E-state index is 12.3. The molecule has 5 heteroatoms. The first-order chi connectivity index (χ1) is 12.2. The third-order valence-corrected chi connectivity index (χ3v) is 4.74. The smallest absolute Gasteiger partial charge is 0.410 e. The van der Waals surface area contributed by atoms with Crippen molar-refractivity contribution >= 4 is 17.7 Å². The molecule has 0 saturated carbocycles. The fourth-order valence-corrected chi connectivity index (χ4v) is 3.39. The molecule has 1 fully saturated rings. The van der Waals surface area contributed by atoms with E-state index in [0.717, 1.165) is 17.5 Å². The lowest BCUT2D eigenvalue weighted by atomic mass is 9.86. The van der Waals surface area contributed by atoms with Gasteiger partial charge in [-0.3, -0.25) is 0 Å². The van der Waals surface area contributed by atoms with Crippen LogP contribution in [-0.4, -0.2) is 24.1 Å². The molecule has 1 heterocycles. The van der Waals surface area contributed by atoms with Crippen molar-refractivity contribution in [3.05, 3.63) is 70.7 Å². The second kappa shape index (κ2) is 8.04. The molecule has 1 aliphatic heterocycles. The predicted octanol–water partition coefficient (Wildman–Crippen LogP) is 4.61. The van der Waals surface area contributed by atoms with Gasteiger partial charge in [0.25, 0.3) is 0 Å². The van der Waals surface area contributed by atoms with Gasteiger partial charge in [-0.25, -0.2) is 4.79 Å². The van der Waals surface area contributed by atoms with Gasteiger partial charge in [0.05, 0.1) is 12.0 Å². The van der Waals surface area contributed by atoms with Crippen LogP contribution in [-0.2, 0) is 11.3 Å². The molecule has 0 aliphatic carbocycles. The van der Waals surface area contributed by atoms with Crippen molar-refractivity contribution in [1.29, 1.82) is 5.26 Å². The first-order valence-electron chi connectivity index (χ1n) is 8.28. The minimum Gasteiger partial charge on any atom is -0.445 e. The number of ether oxygens (including phenoxy) is 1. The lowest BCUT2D eigenvalue weighted by molar-refractivity contribution is 0.103. The summed E-state index contributed by atoms with van der Waals surface area (Å²) in [6, 6.07) is 19.3. The molecule has 1 saturated heterocycles. The van der Waals surface area contributed by atoms with E-state index in [1.807, 2.05) is 48.5 Å². The number of benzene rings is 2. The van der Waals surface area contributed by atoms with E-state index in [4.69, 9.17) is 16.3 Å². The molecule has 3 rings (SSSR count). The standard InChI is InChI=1S/C20H19ClN2O2/c21-18-8-4-7-16(11-18)19(12-22)17-9-10-23(13-17)20(24)25-14-15-5-2-1-3-6-15/h1-8,11,17,19H,9-10,13-14H2. The fraction of sp³-hybridized carbons (Fsp3) is 0.300. The quantitative estimate of drug-likeness (QED) is 0.805. The van der Waals surface area contributed by atoms with Gasteiger partial charge in [-0.1, -0.05) is 54.1 Å². The fourth-order valence-electron chi connectivity index (χ4n) is 3.19. The Hall–Kier alpha value is -2.51. The lowest BCUT2D eigenvalue weighted by Crippen LogP contribution is -2.30. The van der Waals surface area contributed by atoms with Gasteiger partial charge in [-0.05, 0) is 35.6 Å². The van der Waals surface area contributed by atoms with Crippen molar-refractivity contribution in [2.75, 3.05) is 13.1 Å². The largest absolute Gasteiger partial charge is 0.445 e. The summed E-state index contributed by atoms with van der Waals surface area (Å²) in [5.41, 5.74) is 1.86. The van der Waals surface area contributed by atoms with Crippen molar-refractivity contribution in [3.8, 4) is 6.07 Å². The highest BCUT2D eigenvalue weighted by molar-refractivity contribution is 6.30. The molecule has 1 amide bonds. The molecule has 0 N–H and O–H groups in total. The van der Waals surface area contributed by atoms with Gasteiger partial charge >= 0.3 is 6.09 Å².